The third kappa shape index (κ3) is 2.89. The van der Waals surface area contributed by atoms with Gasteiger partial charge in [-0.1, -0.05) is 25.5 Å². The Morgan fingerprint density at radius 1 is 1.28 bits per heavy atom. The first-order valence-corrected chi connectivity index (χ1v) is 6.88. The van der Waals surface area contributed by atoms with Gasteiger partial charge in [-0.2, -0.15) is 0 Å². The van der Waals surface area contributed by atoms with Crippen LogP contribution in [0.5, 0.6) is 0 Å². The van der Waals surface area contributed by atoms with Gasteiger partial charge in [0.15, 0.2) is 11.6 Å². The number of halogens is 2. The lowest BCUT2D eigenvalue weighted by Crippen LogP contribution is -2.25. The molecule has 0 amide bonds. The first-order valence-electron chi connectivity index (χ1n) is 6.88. The van der Waals surface area contributed by atoms with E-state index in [-0.39, 0.29) is 5.92 Å². The maximum absolute atomic E-state index is 13.8. The summed E-state index contributed by atoms with van der Waals surface area (Å²) in [5.74, 6) is -0.762. The lowest BCUT2D eigenvalue weighted by atomic mass is 9.88. The average Bonchev–Trinajstić information content (AvgIpc) is 2.81. The standard InChI is InChI=1S/C15H21F2N/c1-2-9-18-10-11-5-3-6-12(11)13-7-4-8-14(16)15(13)17/h4,7-8,11-12,18H,2-3,5-6,9-10H2,1H3. The first kappa shape index (κ1) is 13.5. The molecule has 100 valence electrons. The molecule has 0 bridgehead atoms. The molecule has 0 saturated heterocycles. The smallest absolute Gasteiger partial charge is 0.162 e. The van der Waals surface area contributed by atoms with Gasteiger partial charge in [-0.15, -0.1) is 0 Å². The van der Waals surface area contributed by atoms with Gasteiger partial charge in [-0.3, -0.25) is 0 Å². The Morgan fingerprint density at radius 2 is 2.11 bits per heavy atom. The normalized spacial score (nSPS) is 23.5. The Kier molecular flexibility index (Phi) is 4.70. The molecule has 18 heavy (non-hydrogen) atoms. The summed E-state index contributed by atoms with van der Waals surface area (Å²) in [4.78, 5) is 0. The minimum atomic E-state index is -0.723. The average molecular weight is 253 g/mol. The van der Waals surface area contributed by atoms with Crippen molar-refractivity contribution in [1.29, 1.82) is 0 Å². The molecular weight excluding hydrogens is 232 g/mol. The predicted molar refractivity (Wildman–Crippen MR) is 69.6 cm³/mol. The highest BCUT2D eigenvalue weighted by molar-refractivity contribution is 5.24. The van der Waals surface area contributed by atoms with E-state index < -0.39 is 11.6 Å². The topological polar surface area (TPSA) is 12.0 Å². The Balaban J connectivity index is 2.08. The van der Waals surface area contributed by atoms with Crippen LogP contribution in [0.1, 0.15) is 44.1 Å². The molecule has 2 unspecified atom stereocenters. The van der Waals surface area contributed by atoms with Gasteiger partial charge in [0.05, 0.1) is 0 Å². The summed E-state index contributed by atoms with van der Waals surface area (Å²) in [6.07, 6.45) is 4.29. The van der Waals surface area contributed by atoms with E-state index >= 15 is 0 Å². The summed E-state index contributed by atoms with van der Waals surface area (Å²) in [6.45, 7) is 4.04. The van der Waals surface area contributed by atoms with Crippen molar-refractivity contribution in [3.63, 3.8) is 0 Å². The number of hydrogen-bond acceptors (Lipinski definition) is 1. The van der Waals surface area contributed by atoms with Crippen molar-refractivity contribution in [3.8, 4) is 0 Å². The fraction of sp³-hybridized carbons (Fsp3) is 0.600. The van der Waals surface area contributed by atoms with E-state index in [1.807, 2.05) is 0 Å². The maximum Gasteiger partial charge on any atom is 0.162 e. The van der Waals surface area contributed by atoms with Crippen molar-refractivity contribution in [2.24, 2.45) is 5.92 Å². The summed E-state index contributed by atoms with van der Waals surface area (Å²) in [6, 6.07) is 4.54. The highest BCUT2D eigenvalue weighted by Gasteiger charge is 2.30. The number of rotatable bonds is 5. The van der Waals surface area contributed by atoms with Crippen LogP contribution in [0.15, 0.2) is 18.2 Å². The molecular formula is C15H21F2N. The maximum atomic E-state index is 13.8. The fourth-order valence-corrected chi connectivity index (χ4v) is 2.96. The zero-order valence-corrected chi connectivity index (χ0v) is 10.9. The van der Waals surface area contributed by atoms with E-state index in [0.29, 0.717) is 11.5 Å². The van der Waals surface area contributed by atoms with Crippen molar-refractivity contribution in [3.05, 3.63) is 35.4 Å². The zero-order chi connectivity index (χ0) is 13.0. The SMILES string of the molecule is CCCNCC1CCCC1c1cccc(F)c1F. The Labute approximate surface area is 108 Å². The van der Waals surface area contributed by atoms with Crippen LogP contribution in [0, 0.1) is 17.6 Å². The van der Waals surface area contributed by atoms with Gasteiger partial charge in [0.1, 0.15) is 0 Å². The summed E-state index contributed by atoms with van der Waals surface area (Å²) in [5.41, 5.74) is 0.566. The van der Waals surface area contributed by atoms with E-state index in [1.54, 1.807) is 12.1 Å². The largest absolute Gasteiger partial charge is 0.316 e. The van der Waals surface area contributed by atoms with Crippen LogP contribution in [0.3, 0.4) is 0 Å². The molecule has 0 heterocycles. The van der Waals surface area contributed by atoms with Gasteiger partial charge in [-0.05, 0) is 55.8 Å². The highest BCUT2D eigenvalue weighted by atomic mass is 19.2. The van der Waals surface area contributed by atoms with Crippen molar-refractivity contribution in [1.82, 2.24) is 5.32 Å². The van der Waals surface area contributed by atoms with Crippen LogP contribution in [-0.2, 0) is 0 Å². The molecule has 3 heteroatoms. The van der Waals surface area contributed by atoms with Crippen molar-refractivity contribution in [2.75, 3.05) is 13.1 Å². The lowest BCUT2D eigenvalue weighted by molar-refractivity contribution is 0.421. The summed E-state index contributed by atoms with van der Waals surface area (Å²) < 4.78 is 27.1. The molecule has 2 rings (SSSR count). The molecule has 1 N–H and O–H groups in total. The first-order chi connectivity index (χ1) is 8.74. The van der Waals surface area contributed by atoms with Gasteiger partial charge in [0.25, 0.3) is 0 Å². The van der Waals surface area contributed by atoms with Crippen LogP contribution in [0.25, 0.3) is 0 Å². The van der Waals surface area contributed by atoms with Gasteiger partial charge < -0.3 is 5.32 Å². The molecule has 1 nitrogen and oxygen atoms in total. The minimum absolute atomic E-state index is 0.171. The van der Waals surface area contributed by atoms with E-state index in [4.69, 9.17) is 0 Å². The van der Waals surface area contributed by atoms with E-state index in [0.717, 1.165) is 38.8 Å². The number of nitrogens with one attached hydrogen (secondary N) is 1. The van der Waals surface area contributed by atoms with Crippen LogP contribution in [0.4, 0.5) is 8.78 Å². The Hall–Kier alpha value is -0.960. The minimum Gasteiger partial charge on any atom is -0.316 e. The summed E-state index contributed by atoms with van der Waals surface area (Å²) >= 11 is 0. The second-order valence-corrected chi connectivity index (χ2v) is 5.14. The monoisotopic (exact) mass is 253 g/mol. The molecule has 2 atom stereocenters. The van der Waals surface area contributed by atoms with Crippen molar-refractivity contribution >= 4 is 0 Å². The Bertz CT molecular complexity index is 392. The molecule has 0 aliphatic heterocycles. The summed E-state index contributed by atoms with van der Waals surface area (Å²) in [5, 5.41) is 3.39. The molecule has 0 radical (unpaired) electrons. The second-order valence-electron chi connectivity index (χ2n) is 5.14. The van der Waals surface area contributed by atoms with Gasteiger partial charge in [0, 0.05) is 0 Å². The van der Waals surface area contributed by atoms with Crippen LogP contribution >= 0.6 is 0 Å². The molecule has 1 saturated carbocycles. The van der Waals surface area contributed by atoms with Crippen LogP contribution in [-0.4, -0.2) is 13.1 Å². The van der Waals surface area contributed by atoms with Crippen LogP contribution < -0.4 is 5.32 Å². The van der Waals surface area contributed by atoms with Gasteiger partial charge >= 0.3 is 0 Å². The quantitative estimate of drug-likeness (QED) is 0.786. The van der Waals surface area contributed by atoms with E-state index in [1.165, 1.54) is 6.07 Å². The molecule has 1 aromatic carbocycles. The van der Waals surface area contributed by atoms with Gasteiger partial charge in [0.2, 0.25) is 0 Å². The number of benzene rings is 1. The van der Waals surface area contributed by atoms with Gasteiger partial charge in [-0.25, -0.2) is 8.78 Å². The molecule has 1 aromatic rings. The molecule has 0 aromatic heterocycles. The molecule has 1 fully saturated rings. The molecule has 1 aliphatic rings. The Morgan fingerprint density at radius 3 is 2.89 bits per heavy atom. The highest BCUT2D eigenvalue weighted by Crippen LogP contribution is 2.40. The zero-order valence-electron chi connectivity index (χ0n) is 10.9. The van der Waals surface area contributed by atoms with Crippen LogP contribution in [0.2, 0.25) is 0 Å². The van der Waals surface area contributed by atoms with E-state index in [2.05, 4.69) is 12.2 Å². The third-order valence-corrected chi connectivity index (χ3v) is 3.87. The second kappa shape index (κ2) is 6.28. The number of hydrogen-bond donors (Lipinski definition) is 1. The lowest BCUT2D eigenvalue weighted by Gasteiger charge is -2.21. The predicted octanol–water partition coefficient (Wildman–Crippen LogP) is 3.85. The van der Waals surface area contributed by atoms with Crippen molar-refractivity contribution in [2.45, 2.75) is 38.5 Å². The van der Waals surface area contributed by atoms with E-state index in [9.17, 15) is 8.78 Å². The fourth-order valence-electron chi connectivity index (χ4n) is 2.96. The third-order valence-electron chi connectivity index (χ3n) is 3.87. The molecule has 0 spiro atoms. The van der Waals surface area contributed by atoms with Crippen molar-refractivity contribution < 1.29 is 8.78 Å². The molecule has 1 aliphatic carbocycles. The summed E-state index contributed by atoms with van der Waals surface area (Å²) in [7, 11) is 0.